The number of rotatable bonds is 5. The highest BCUT2D eigenvalue weighted by Crippen LogP contribution is 2.26. The second kappa shape index (κ2) is 7.44. The molecule has 0 bridgehead atoms. The summed E-state index contributed by atoms with van der Waals surface area (Å²) in [7, 11) is 2.32. The van der Waals surface area contributed by atoms with Crippen LogP contribution >= 0.6 is 0 Å². The molecule has 0 saturated heterocycles. The number of methoxy groups -OCH3 is 2. The minimum atomic E-state index is -1.69. The van der Waals surface area contributed by atoms with E-state index in [2.05, 4.69) is 21.3 Å². The fourth-order valence-corrected chi connectivity index (χ4v) is 1.32. The van der Waals surface area contributed by atoms with E-state index in [0.29, 0.717) is 12.7 Å². The molecule has 0 aromatic rings. The van der Waals surface area contributed by atoms with Crippen LogP contribution in [-0.4, -0.2) is 32.4 Å². The molecule has 0 aliphatic rings. The fourth-order valence-electron chi connectivity index (χ4n) is 1.32. The first-order valence-electron chi connectivity index (χ1n) is 5.19. The van der Waals surface area contributed by atoms with E-state index in [1.54, 1.807) is 6.92 Å². The number of ether oxygens (including phenoxy) is 2. The van der Waals surface area contributed by atoms with Gasteiger partial charge in [-0.05, 0) is 6.42 Å². The van der Waals surface area contributed by atoms with Gasteiger partial charge in [-0.1, -0.05) is 12.8 Å². The Bertz CT molecular complexity index is 332. The van der Waals surface area contributed by atoms with Gasteiger partial charge in [0.05, 0.1) is 14.2 Å². The molecule has 0 saturated carbocycles. The lowest BCUT2D eigenvalue weighted by molar-refractivity contribution is -0.164. The Balaban J connectivity index is 5.42. The average molecular weight is 240 g/mol. The first-order chi connectivity index (χ1) is 8.08. The SMILES string of the molecule is CCC#CC(CCC=O)(C(=O)OC)C(=O)OC. The summed E-state index contributed by atoms with van der Waals surface area (Å²) >= 11 is 0. The van der Waals surface area contributed by atoms with Crippen LogP contribution in [0.3, 0.4) is 0 Å². The summed E-state index contributed by atoms with van der Waals surface area (Å²) in [5.74, 6) is 3.62. The first-order valence-corrected chi connectivity index (χ1v) is 5.19. The van der Waals surface area contributed by atoms with Crippen LogP contribution in [0.5, 0.6) is 0 Å². The van der Waals surface area contributed by atoms with Crippen molar-refractivity contribution >= 4 is 18.2 Å². The molecule has 94 valence electrons. The number of hydrogen-bond acceptors (Lipinski definition) is 5. The number of esters is 2. The molecule has 0 radical (unpaired) electrons. The lowest BCUT2D eigenvalue weighted by Gasteiger charge is -2.21. The van der Waals surface area contributed by atoms with Crippen LogP contribution in [0, 0.1) is 17.3 Å². The number of carbonyl (C=O) groups is 3. The van der Waals surface area contributed by atoms with Crippen molar-refractivity contribution in [2.75, 3.05) is 14.2 Å². The molecule has 0 heterocycles. The standard InChI is InChI=1S/C12H16O5/c1-4-5-7-12(8-6-9-13,10(14)16-2)11(15)17-3/h9H,4,6,8H2,1-3H3. The zero-order valence-corrected chi connectivity index (χ0v) is 10.2. The Morgan fingerprint density at radius 1 is 1.24 bits per heavy atom. The monoisotopic (exact) mass is 240 g/mol. The zero-order chi connectivity index (χ0) is 13.3. The van der Waals surface area contributed by atoms with Crippen LogP contribution in [0.15, 0.2) is 0 Å². The third-order valence-electron chi connectivity index (χ3n) is 2.18. The average Bonchev–Trinajstić information content (AvgIpc) is 2.37. The summed E-state index contributed by atoms with van der Waals surface area (Å²) in [5.41, 5.74) is -1.69. The Hall–Kier alpha value is -1.83. The van der Waals surface area contributed by atoms with E-state index in [1.807, 2.05) is 0 Å². The molecule has 0 aliphatic heterocycles. The van der Waals surface area contributed by atoms with Crippen molar-refractivity contribution in [1.29, 1.82) is 0 Å². The van der Waals surface area contributed by atoms with Crippen LogP contribution in [0.4, 0.5) is 0 Å². The van der Waals surface area contributed by atoms with E-state index in [0.717, 1.165) is 14.2 Å². The van der Waals surface area contributed by atoms with Gasteiger partial charge in [-0.3, -0.25) is 0 Å². The predicted molar refractivity (Wildman–Crippen MR) is 59.8 cm³/mol. The normalized spacial score (nSPS) is 9.82. The maximum atomic E-state index is 11.7. The third-order valence-corrected chi connectivity index (χ3v) is 2.18. The van der Waals surface area contributed by atoms with Crippen LogP contribution < -0.4 is 0 Å². The van der Waals surface area contributed by atoms with Gasteiger partial charge in [0.2, 0.25) is 5.41 Å². The van der Waals surface area contributed by atoms with Crippen molar-refractivity contribution in [2.45, 2.75) is 26.2 Å². The molecule has 17 heavy (non-hydrogen) atoms. The van der Waals surface area contributed by atoms with Crippen LogP contribution in [0.2, 0.25) is 0 Å². The van der Waals surface area contributed by atoms with Crippen molar-refractivity contribution in [2.24, 2.45) is 5.41 Å². The van der Waals surface area contributed by atoms with E-state index in [9.17, 15) is 14.4 Å². The van der Waals surface area contributed by atoms with E-state index in [4.69, 9.17) is 0 Å². The minimum absolute atomic E-state index is 0.0304. The highest BCUT2D eigenvalue weighted by atomic mass is 16.5. The van der Waals surface area contributed by atoms with Crippen molar-refractivity contribution < 1.29 is 23.9 Å². The van der Waals surface area contributed by atoms with Crippen LogP contribution in [0.25, 0.3) is 0 Å². The summed E-state index contributed by atoms with van der Waals surface area (Å²) in [5, 5.41) is 0. The topological polar surface area (TPSA) is 69.7 Å². The molecule has 5 heteroatoms. The van der Waals surface area contributed by atoms with Crippen LogP contribution in [-0.2, 0) is 23.9 Å². The molecule has 0 fully saturated rings. The molecule has 0 rings (SSSR count). The Morgan fingerprint density at radius 3 is 2.12 bits per heavy atom. The van der Waals surface area contributed by atoms with Crippen molar-refractivity contribution in [3.63, 3.8) is 0 Å². The van der Waals surface area contributed by atoms with E-state index < -0.39 is 17.4 Å². The molecule has 0 aliphatic carbocycles. The molecule has 0 aromatic heterocycles. The van der Waals surface area contributed by atoms with E-state index in [-0.39, 0.29) is 12.8 Å². The molecule has 0 N–H and O–H groups in total. The van der Waals surface area contributed by atoms with E-state index >= 15 is 0 Å². The van der Waals surface area contributed by atoms with Gasteiger partial charge >= 0.3 is 11.9 Å². The van der Waals surface area contributed by atoms with Gasteiger partial charge in [-0.25, -0.2) is 9.59 Å². The molecule has 5 nitrogen and oxygen atoms in total. The van der Waals surface area contributed by atoms with Crippen molar-refractivity contribution in [3.8, 4) is 11.8 Å². The summed E-state index contributed by atoms with van der Waals surface area (Å²) in [6.45, 7) is 1.78. The minimum Gasteiger partial charge on any atom is -0.467 e. The quantitative estimate of drug-likeness (QED) is 0.306. The second-order valence-corrected chi connectivity index (χ2v) is 3.25. The van der Waals surface area contributed by atoms with Gasteiger partial charge < -0.3 is 14.3 Å². The fraction of sp³-hybridized carbons (Fsp3) is 0.583. The molecular weight excluding hydrogens is 224 g/mol. The number of hydrogen-bond donors (Lipinski definition) is 0. The summed E-state index contributed by atoms with van der Waals surface area (Å²) in [4.78, 5) is 33.8. The molecular formula is C12H16O5. The molecule has 0 spiro atoms. The lowest BCUT2D eigenvalue weighted by atomic mass is 9.83. The summed E-state index contributed by atoms with van der Waals surface area (Å²) < 4.78 is 9.15. The molecule has 0 aromatic carbocycles. The second-order valence-electron chi connectivity index (χ2n) is 3.25. The van der Waals surface area contributed by atoms with Gasteiger partial charge in [0.15, 0.2) is 0 Å². The lowest BCUT2D eigenvalue weighted by Crippen LogP contribution is -2.40. The summed E-state index contributed by atoms with van der Waals surface area (Å²) in [6.07, 6.45) is 1.09. The zero-order valence-electron chi connectivity index (χ0n) is 10.2. The highest BCUT2D eigenvalue weighted by Gasteiger charge is 2.46. The molecule has 0 amide bonds. The maximum Gasteiger partial charge on any atom is 0.335 e. The predicted octanol–water partition coefficient (Wildman–Crippen LogP) is 0.711. The maximum absolute atomic E-state index is 11.7. The molecule has 0 atom stereocenters. The summed E-state index contributed by atoms with van der Waals surface area (Å²) in [6, 6.07) is 0. The first kappa shape index (κ1) is 15.2. The third kappa shape index (κ3) is 3.59. The van der Waals surface area contributed by atoms with Gasteiger partial charge in [0, 0.05) is 12.8 Å². The Kier molecular flexibility index (Phi) is 6.64. The van der Waals surface area contributed by atoms with E-state index in [1.165, 1.54) is 0 Å². The Labute approximate surface area is 100 Å². The van der Waals surface area contributed by atoms with Gasteiger partial charge in [0.1, 0.15) is 6.29 Å². The van der Waals surface area contributed by atoms with Crippen molar-refractivity contribution in [3.05, 3.63) is 0 Å². The Morgan fingerprint density at radius 2 is 1.76 bits per heavy atom. The number of aldehydes is 1. The largest absolute Gasteiger partial charge is 0.467 e. The van der Waals surface area contributed by atoms with Gasteiger partial charge in [0.25, 0.3) is 0 Å². The smallest absolute Gasteiger partial charge is 0.335 e. The highest BCUT2D eigenvalue weighted by molar-refractivity contribution is 6.03. The molecule has 0 unspecified atom stereocenters. The van der Waals surface area contributed by atoms with Gasteiger partial charge in [-0.15, -0.1) is 5.92 Å². The van der Waals surface area contributed by atoms with Crippen LogP contribution in [0.1, 0.15) is 26.2 Å². The van der Waals surface area contributed by atoms with Crippen molar-refractivity contribution in [1.82, 2.24) is 0 Å². The van der Waals surface area contributed by atoms with Gasteiger partial charge in [-0.2, -0.15) is 0 Å². The number of carbonyl (C=O) groups excluding carboxylic acids is 3.